The number of nitrogens with one attached hydrogen (secondary N) is 3. The molecule has 2 amide bonds. The van der Waals surface area contributed by atoms with E-state index in [0.717, 1.165) is 25.7 Å². The SMILES string of the molecule is C[C@H](Cl)[C@@H](NC(=O)[C@@H]1CC[C@H](CCCCF)CCN1)[C@H]1OC(CNC(=O)c2ccccc2)[C@H](O)C(O)C1O. The Hall–Kier alpha value is -1.82. The molecule has 2 aliphatic heterocycles. The summed E-state index contributed by atoms with van der Waals surface area (Å²) < 4.78 is 18.4. The van der Waals surface area contributed by atoms with Crippen molar-refractivity contribution in [2.75, 3.05) is 19.8 Å². The Kier molecular flexibility index (Phi) is 12.2. The Morgan fingerprint density at radius 2 is 1.84 bits per heavy atom. The lowest BCUT2D eigenvalue weighted by molar-refractivity contribution is -0.226. The van der Waals surface area contributed by atoms with Crippen molar-refractivity contribution in [3.63, 3.8) is 0 Å². The van der Waals surface area contributed by atoms with Crippen LogP contribution in [-0.4, -0.2) is 94.9 Å². The van der Waals surface area contributed by atoms with Gasteiger partial charge in [-0.05, 0) is 57.2 Å². The molecular formula is C27H41ClFN3O6. The number of carbonyl (C=O) groups excluding carboxylic acids is 2. The molecule has 0 aromatic heterocycles. The van der Waals surface area contributed by atoms with Crippen LogP contribution < -0.4 is 16.0 Å². The summed E-state index contributed by atoms with van der Waals surface area (Å²) in [5.41, 5.74) is 0.426. The van der Waals surface area contributed by atoms with Crippen molar-refractivity contribution in [2.45, 2.75) is 93.4 Å². The average Bonchev–Trinajstić information content (AvgIpc) is 3.16. The van der Waals surface area contributed by atoms with Crippen LogP contribution in [0.4, 0.5) is 4.39 Å². The molecule has 3 rings (SSSR count). The molecular weight excluding hydrogens is 517 g/mol. The zero-order valence-corrected chi connectivity index (χ0v) is 22.5. The Morgan fingerprint density at radius 3 is 2.53 bits per heavy atom. The zero-order valence-electron chi connectivity index (χ0n) is 21.8. The van der Waals surface area contributed by atoms with Crippen molar-refractivity contribution < 1.29 is 34.0 Å². The zero-order chi connectivity index (χ0) is 27.7. The highest BCUT2D eigenvalue weighted by molar-refractivity contribution is 6.21. The highest BCUT2D eigenvalue weighted by Crippen LogP contribution is 2.27. The van der Waals surface area contributed by atoms with E-state index < -0.39 is 48.0 Å². The van der Waals surface area contributed by atoms with E-state index in [4.69, 9.17) is 16.3 Å². The summed E-state index contributed by atoms with van der Waals surface area (Å²) >= 11 is 6.42. The van der Waals surface area contributed by atoms with Crippen molar-refractivity contribution in [3.05, 3.63) is 35.9 Å². The van der Waals surface area contributed by atoms with Gasteiger partial charge >= 0.3 is 0 Å². The first-order valence-corrected chi connectivity index (χ1v) is 13.9. The van der Waals surface area contributed by atoms with Crippen LogP contribution in [0.5, 0.6) is 0 Å². The van der Waals surface area contributed by atoms with Gasteiger partial charge in [-0.1, -0.05) is 31.0 Å². The lowest BCUT2D eigenvalue weighted by atomic mass is 9.89. The highest BCUT2D eigenvalue weighted by atomic mass is 35.5. The van der Waals surface area contributed by atoms with Gasteiger partial charge in [-0.25, -0.2) is 0 Å². The molecule has 9 nitrogen and oxygen atoms in total. The fraction of sp³-hybridized carbons (Fsp3) is 0.704. The standard InChI is InChI=1S/C27H41ClFN3O6/c1-16(28)21(32-27(37)19-11-10-17(12-14-30-19)7-5-6-13-29)25-24(35)23(34)22(33)20(38-25)15-31-26(36)18-8-3-2-4-9-18/h2-4,8-9,16-17,19-25,30,33-35H,5-7,10-15H2,1H3,(H,31,36)(H,32,37)/t16-,17-,19-,20?,21+,22-,23?,24?,25+/m0/s1. The van der Waals surface area contributed by atoms with Gasteiger partial charge in [0.05, 0.1) is 24.1 Å². The highest BCUT2D eigenvalue weighted by Gasteiger charge is 2.48. The molecule has 3 unspecified atom stereocenters. The summed E-state index contributed by atoms with van der Waals surface area (Å²) in [6.07, 6.45) is -2.01. The van der Waals surface area contributed by atoms with Gasteiger partial charge in [0, 0.05) is 12.1 Å². The minimum Gasteiger partial charge on any atom is -0.388 e. The molecule has 0 saturated carbocycles. The van der Waals surface area contributed by atoms with E-state index in [1.54, 1.807) is 37.3 Å². The number of carbonyl (C=O) groups is 2. The van der Waals surface area contributed by atoms with Crippen LogP contribution in [0.15, 0.2) is 30.3 Å². The number of rotatable bonds is 11. The summed E-state index contributed by atoms with van der Waals surface area (Å²) in [5.74, 6) is -0.240. The molecule has 214 valence electrons. The molecule has 2 saturated heterocycles. The van der Waals surface area contributed by atoms with Crippen LogP contribution in [0.3, 0.4) is 0 Å². The summed E-state index contributed by atoms with van der Waals surface area (Å²) in [6, 6.07) is 7.18. The maximum atomic E-state index is 13.2. The number of unbranched alkanes of at least 4 members (excludes halogenated alkanes) is 1. The normalized spacial score (nSPS) is 31.6. The number of halogens is 2. The number of ether oxygens (including phenoxy) is 1. The topological polar surface area (TPSA) is 140 Å². The molecule has 2 heterocycles. The van der Waals surface area contributed by atoms with Crippen LogP contribution in [0, 0.1) is 5.92 Å². The fourth-order valence-electron chi connectivity index (χ4n) is 5.20. The maximum absolute atomic E-state index is 13.2. The number of amides is 2. The number of hydrogen-bond acceptors (Lipinski definition) is 7. The molecule has 0 bridgehead atoms. The molecule has 11 heteroatoms. The summed E-state index contributed by atoms with van der Waals surface area (Å²) in [4.78, 5) is 25.6. The Bertz CT molecular complexity index is 882. The van der Waals surface area contributed by atoms with Gasteiger partial charge in [0.25, 0.3) is 5.91 Å². The largest absolute Gasteiger partial charge is 0.388 e. The fourth-order valence-corrected chi connectivity index (χ4v) is 5.41. The summed E-state index contributed by atoms with van der Waals surface area (Å²) in [7, 11) is 0. The quantitative estimate of drug-likeness (QED) is 0.178. The first-order chi connectivity index (χ1) is 18.2. The van der Waals surface area contributed by atoms with E-state index >= 15 is 0 Å². The second-order valence-electron chi connectivity index (χ2n) is 10.3. The Balaban J connectivity index is 1.62. The third-order valence-corrected chi connectivity index (χ3v) is 7.80. The summed E-state index contributed by atoms with van der Waals surface area (Å²) in [5, 5.41) is 39.9. The predicted molar refractivity (Wildman–Crippen MR) is 142 cm³/mol. The van der Waals surface area contributed by atoms with E-state index in [2.05, 4.69) is 16.0 Å². The number of aliphatic hydroxyl groups is 3. The van der Waals surface area contributed by atoms with Gasteiger partial charge in [0.1, 0.15) is 30.5 Å². The molecule has 1 aromatic carbocycles. The van der Waals surface area contributed by atoms with Gasteiger partial charge in [-0.3, -0.25) is 14.0 Å². The molecule has 1 aromatic rings. The first kappa shape index (κ1) is 30.7. The Labute approximate surface area is 228 Å². The van der Waals surface area contributed by atoms with Gasteiger partial charge in [0.2, 0.25) is 5.91 Å². The molecule has 0 radical (unpaired) electrons. The van der Waals surface area contributed by atoms with E-state index in [9.17, 15) is 29.3 Å². The molecule has 6 N–H and O–H groups in total. The van der Waals surface area contributed by atoms with E-state index in [0.29, 0.717) is 30.9 Å². The Morgan fingerprint density at radius 1 is 1.11 bits per heavy atom. The average molecular weight is 558 g/mol. The van der Waals surface area contributed by atoms with Gasteiger partial charge in [-0.2, -0.15) is 0 Å². The monoisotopic (exact) mass is 557 g/mol. The van der Waals surface area contributed by atoms with E-state index in [-0.39, 0.29) is 25.0 Å². The van der Waals surface area contributed by atoms with Crippen LogP contribution >= 0.6 is 11.6 Å². The van der Waals surface area contributed by atoms with Crippen molar-refractivity contribution in [2.24, 2.45) is 5.92 Å². The lowest BCUT2D eigenvalue weighted by Crippen LogP contribution is -2.67. The number of aliphatic hydroxyl groups excluding tert-OH is 3. The molecule has 0 aliphatic carbocycles. The van der Waals surface area contributed by atoms with Crippen LogP contribution in [0.1, 0.15) is 55.8 Å². The minimum absolute atomic E-state index is 0.125. The molecule has 38 heavy (non-hydrogen) atoms. The van der Waals surface area contributed by atoms with Crippen LogP contribution in [0.2, 0.25) is 0 Å². The molecule has 2 aliphatic rings. The third-order valence-electron chi connectivity index (χ3n) is 7.53. The van der Waals surface area contributed by atoms with Crippen molar-refractivity contribution in [3.8, 4) is 0 Å². The second-order valence-corrected chi connectivity index (χ2v) is 11.0. The van der Waals surface area contributed by atoms with Gasteiger partial charge in [-0.15, -0.1) is 11.6 Å². The smallest absolute Gasteiger partial charge is 0.251 e. The molecule has 2 fully saturated rings. The van der Waals surface area contributed by atoms with Crippen molar-refractivity contribution in [1.82, 2.24) is 16.0 Å². The molecule has 9 atom stereocenters. The van der Waals surface area contributed by atoms with Gasteiger partial charge < -0.3 is 36.0 Å². The van der Waals surface area contributed by atoms with Gasteiger partial charge in [0.15, 0.2) is 0 Å². The molecule has 0 spiro atoms. The summed E-state index contributed by atoms with van der Waals surface area (Å²) in [6.45, 7) is 1.87. The number of benzene rings is 1. The van der Waals surface area contributed by atoms with Crippen LogP contribution in [-0.2, 0) is 9.53 Å². The lowest BCUT2D eigenvalue weighted by Gasteiger charge is -2.44. The predicted octanol–water partition coefficient (Wildman–Crippen LogP) is 1.28. The number of hydrogen-bond donors (Lipinski definition) is 6. The number of alkyl halides is 2. The third kappa shape index (κ3) is 8.34. The van der Waals surface area contributed by atoms with Crippen LogP contribution in [0.25, 0.3) is 0 Å². The van der Waals surface area contributed by atoms with E-state index in [1.807, 2.05) is 0 Å². The maximum Gasteiger partial charge on any atom is 0.251 e. The van der Waals surface area contributed by atoms with E-state index in [1.165, 1.54) is 0 Å². The van der Waals surface area contributed by atoms with Crippen molar-refractivity contribution in [1.29, 1.82) is 0 Å². The minimum atomic E-state index is -1.57. The van der Waals surface area contributed by atoms with Crippen molar-refractivity contribution >= 4 is 23.4 Å². The second kappa shape index (κ2) is 15.1. The first-order valence-electron chi connectivity index (χ1n) is 13.5.